The second kappa shape index (κ2) is 7.22. The molecule has 0 atom stereocenters. The minimum Gasteiger partial charge on any atom is -0.465 e. The lowest BCUT2D eigenvalue weighted by molar-refractivity contribution is -0.111. The van der Waals surface area contributed by atoms with E-state index in [0.717, 1.165) is 22.4 Å². The minimum absolute atomic E-state index is 0.155. The van der Waals surface area contributed by atoms with Crippen LogP contribution in [0.15, 0.2) is 65.3 Å². The number of furan rings is 1. The van der Waals surface area contributed by atoms with Gasteiger partial charge in [0.25, 0.3) is 5.91 Å². The van der Waals surface area contributed by atoms with E-state index in [1.54, 1.807) is 18.4 Å². The van der Waals surface area contributed by atoms with Crippen molar-refractivity contribution >= 4 is 23.2 Å². The molecule has 1 N–H and O–H groups in total. The van der Waals surface area contributed by atoms with Gasteiger partial charge in [0.1, 0.15) is 5.76 Å². The number of nitrogens with one attached hydrogen (secondary N) is 1. The van der Waals surface area contributed by atoms with Crippen molar-refractivity contribution < 1.29 is 9.21 Å². The van der Waals surface area contributed by atoms with E-state index in [9.17, 15) is 4.79 Å². The first-order valence-electron chi connectivity index (χ1n) is 8.24. The lowest BCUT2D eigenvalue weighted by Gasteiger charge is -2.14. The number of carbonyl (C=O) groups excluding carboxylic acids is 1. The highest BCUT2D eigenvalue weighted by atomic mass is 16.3. The summed E-state index contributed by atoms with van der Waals surface area (Å²) in [5.74, 6) is 0.490. The Morgan fingerprint density at radius 2 is 1.64 bits per heavy atom. The van der Waals surface area contributed by atoms with Crippen molar-refractivity contribution in [3.63, 3.8) is 0 Å². The fourth-order valence-corrected chi connectivity index (χ4v) is 2.97. The van der Waals surface area contributed by atoms with Crippen LogP contribution >= 0.6 is 0 Å². The highest BCUT2D eigenvalue weighted by Crippen LogP contribution is 2.25. The number of carbonyl (C=O) groups is 1. The average molecular weight is 331 g/mol. The van der Waals surface area contributed by atoms with Crippen LogP contribution in [0.4, 0.5) is 5.69 Å². The highest BCUT2D eigenvalue weighted by molar-refractivity contribution is 6.29. The molecule has 3 rings (SSSR count). The molecule has 0 radical (unpaired) electrons. The summed E-state index contributed by atoms with van der Waals surface area (Å²) in [5, 5.41) is 3.07. The third kappa shape index (κ3) is 3.89. The van der Waals surface area contributed by atoms with Gasteiger partial charge in [0.15, 0.2) is 0 Å². The van der Waals surface area contributed by atoms with Crippen molar-refractivity contribution in [2.24, 2.45) is 0 Å². The number of anilines is 1. The predicted octanol–water partition coefficient (Wildman–Crippen LogP) is 5.38. The molecular weight excluding hydrogens is 310 g/mol. The van der Waals surface area contributed by atoms with Gasteiger partial charge in [0.05, 0.1) is 11.8 Å². The highest BCUT2D eigenvalue weighted by Gasteiger charge is 2.15. The molecule has 0 aliphatic rings. The zero-order valence-corrected chi connectivity index (χ0v) is 14.7. The first-order chi connectivity index (χ1) is 12.0. The van der Waals surface area contributed by atoms with Crippen molar-refractivity contribution in [1.29, 1.82) is 0 Å². The van der Waals surface area contributed by atoms with Crippen LogP contribution in [0.25, 0.3) is 11.6 Å². The maximum atomic E-state index is 13.0. The van der Waals surface area contributed by atoms with Crippen molar-refractivity contribution in [2.45, 2.75) is 20.8 Å². The van der Waals surface area contributed by atoms with Gasteiger partial charge in [-0.05, 0) is 55.7 Å². The van der Waals surface area contributed by atoms with E-state index < -0.39 is 0 Å². The Hall–Kier alpha value is -3.07. The quantitative estimate of drug-likeness (QED) is 0.652. The molecule has 0 bridgehead atoms. The number of hydrogen-bond donors (Lipinski definition) is 1. The maximum absolute atomic E-state index is 13.0. The number of aryl methyl sites for hydroxylation is 3. The van der Waals surface area contributed by atoms with Crippen molar-refractivity contribution in [3.8, 4) is 0 Å². The molecule has 2 aromatic carbocycles. The molecule has 126 valence electrons. The monoisotopic (exact) mass is 331 g/mol. The molecule has 3 nitrogen and oxygen atoms in total. The van der Waals surface area contributed by atoms with E-state index >= 15 is 0 Å². The third-order valence-electron chi connectivity index (χ3n) is 4.07. The second-order valence-electron chi connectivity index (χ2n) is 6.17. The zero-order chi connectivity index (χ0) is 17.8. The predicted molar refractivity (Wildman–Crippen MR) is 102 cm³/mol. The summed E-state index contributed by atoms with van der Waals surface area (Å²) in [7, 11) is 0. The van der Waals surface area contributed by atoms with Crippen LogP contribution in [-0.2, 0) is 4.79 Å². The lowest BCUT2D eigenvalue weighted by atomic mass is 10.0. The molecule has 0 saturated carbocycles. The summed E-state index contributed by atoms with van der Waals surface area (Å²) in [6, 6.07) is 17.4. The first kappa shape index (κ1) is 16.8. The third-order valence-corrected chi connectivity index (χ3v) is 4.07. The SMILES string of the molecule is Cc1cc(C)c(NC(=O)/C(=C/c2ccco2)c2ccccc2)c(C)c1. The van der Waals surface area contributed by atoms with Crippen molar-refractivity contribution in [1.82, 2.24) is 0 Å². The molecule has 0 unspecified atom stereocenters. The Balaban J connectivity index is 1.99. The van der Waals surface area contributed by atoms with E-state index in [0.29, 0.717) is 11.3 Å². The van der Waals surface area contributed by atoms with E-state index in [-0.39, 0.29) is 5.91 Å². The minimum atomic E-state index is -0.155. The normalized spacial score (nSPS) is 11.4. The molecule has 0 aliphatic heterocycles. The van der Waals surface area contributed by atoms with Crippen LogP contribution in [0, 0.1) is 20.8 Å². The summed E-state index contributed by atoms with van der Waals surface area (Å²) < 4.78 is 5.39. The van der Waals surface area contributed by atoms with Crippen LogP contribution in [0.1, 0.15) is 28.0 Å². The van der Waals surface area contributed by atoms with Gasteiger partial charge in [-0.2, -0.15) is 0 Å². The summed E-state index contributed by atoms with van der Waals surface area (Å²) in [4.78, 5) is 13.0. The number of rotatable bonds is 4. The lowest BCUT2D eigenvalue weighted by Crippen LogP contribution is -2.15. The first-order valence-corrected chi connectivity index (χ1v) is 8.24. The molecule has 0 fully saturated rings. The summed E-state index contributed by atoms with van der Waals surface area (Å²) in [6.45, 7) is 6.07. The van der Waals surface area contributed by atoms with Gasteiger partial charge in [-0.15, -0.1) is 0 Å². The molecule has 0 saturated heterocycles. The average Bonchev–Trinajstić information content (AvgIpc) is 3.09. The zero-order valence-electron chi connectivity index (χ0n) is 14.7. The molecule has 1 aromatic heterocycles. The molecular formula is C22H21NO2. The summed E-state index contributed by atoms with van der Waals surface area (Å²) in [6.07, 6.45) is 3.37. The van der Waals surface area contributed by atoms with E-state index in [4.69, 9.17) is 4.42 Å². The van der Waals surface area contributed by atoms with E-state index in [1.807, 2.05) is 50.2 Å². The van der Waals surface area contributed by atoms with Crippen LogP contribution in [0.2, 0.25) is 0 Å². The molecule has 3 aromatic rings. The second-order valence-corrected chi connectivity index (χ2v) is 6.17. The van der Waals surface area contributed by atoms with Crippen molar-refractivity contribution in [2.75, 3.05) is 5.32 Å². The summed E-state index contributed by atoms with van der Waals surface area (Å²) in [5.41, 5.74) is 5.56. The Morgan fingerprint density at radius 1 is 0.960 bits per heavy atom. The fourth-order valence-electron chi connectivity index (χ4n) is 2.97. The Bertz CT molecular complexity index is 883. The summed E-state index contributed by atoms with van der Waals surface area (Å²) >= 11 is 0. The van der Waals surface area contributed by atoms with Gasteiger partial charge in [-0.3, -0.25) is 4.79 Å². The molecule has 25 heavy (non-hydrogen) atoms. The van der Waals surface area contributed by atoms with Crippen molar-refractivity contribution in [3.05, 3.63) is 88.9 Å². The fraction of sp³-hybridized carbons (Fsp3) is 0.136. The smallest absolute Gasteiger partial charge is 0.256 e. The molecule has 1 heterocycles. The van der Waals surface area contributed by atoms with Gasteiger partial charge >= 0.3 is 0 Å². The molecule has 0 aliphatic carbocycles. The van der Waals surface area contributed by atoms with Crippen LogP contribution < -0.4 is 5.32 Å². The maximum Gasteiger partial charge on any atom is 0.256 e. The largest absolute Gasteiger partial charge is 0.465 e. The molecule has 1 amide bonds. The molecule has 3 heteroatoms. The van der Waals surface area contributed by atoms with Crippen LogP contribution in [-0.4, -0.2) is 5.91 Å². The van der Waals surface area contributed by atoms with E-state index in [2.05, 4.69) is 24.4 Å². The number of benzene rings is 2. The number of hydrogen-bond acceptors (Lipinski definition) is 2. The van der Waals surface area contributed by atoms with Crippen LogP contribution in [0.3, 0.4) is 0 Å². The topological polar surface area (TPSA) is 42.2 Å². The Kier molecular flexibility index (Phi) is 4.85. The van der Waals surface area contributed by atoms with Gasteiger partial charge < -0.3 is 9.73 Å². The van der Waals surface area contributed by atoms with Gasteiger partial charge in [-0.25, -0.2) is 0 Å². The van der Waals surface area contributed by atoms with Gasteiger partial charge in [0.2, 0.25) is 0 Å². The Morgan fingerprint density at radius 3 is 2.24 bits per heavy atom. The van der Waals surface area contributed by atoms with E-state index in [1.165, 1.54) is 5.56 Å². The number of amides is 1. The van der Waals surface area contributed by atoms with Gasteiger partial charge in [-0.1, -0.05) is 48.0 Å². The standard InChI is InChI=1S/C22H21NO2/c1-15-12-16(2)21(17(3)13-15)23-22(24)20(14-19-10-7-11-25-19)18-8-5-4-6-9-18/h4-14H,1-3H3,(H,23,24)/b20-14+. The van der Waals surface area contributed by atoms with Gasteiger partial charge in [0, 0.05) is 5.69 Å². The molecule has 0 spiro atoms. The van der Waals surface area contributed by atoms with Crippen LogP contribution in [0.5, 0.6) is 0 Å². The Labute approximate surface area is 148 Å².